The van der Waals surface area contributed by atoms with Crippen molar-refractivity contribution in [1.82, 2.24) is 4.40 Å². The van der Waals surface area contributed by atoms with Gasteiger partial charge in [0.05, 0.1) is 22.2 Å². The molecule has 0 spiro atoms. The number of hydrogen-bond donors (Lipinski definition) is 0. The molecule has 0 unspecified atom stereocenters. The summed E-state index contributed by atoms with van der Waals surface area (Å²) in [5.41, 5.74) is 12.0. The van der Waals surface area contributed by atoms with Crippen LogP contribution in [-0.2, 0) is 0 Å². The average molecular weight is 611 g/mol. The number of aromatic nitrogens is 1. The molecule has 0 fully saturated rings. The lowest BCUT2D eigenvalue weighted by atomic mass is 9.93. The molecule has 0 N–H and O–H groups in total. The fourth-order valence-electron chi connectivity index (χ4n) is 7.80. The Labute approximate surface area is 278 Å². The molecule has 48 heavy (non-hydrogen) atoms. The van der Waals surface area contributed by atoms with Crippen LogP contribution in [0.3, 0.4) is 0 Å². The highest BCUT2D eigenvalue weighted by molar-refractivity contribution is 6.23. The maximum atomic E-state index is 2.46. The first-order valence-corrected chi connectivity index (χ1v) is 16.5. The Morgan fingerprint density at radius 2 is 0.938 bits per heavy atom. The second kappa shape index (κ2) is 10.6. The molecule has 224 valence electrons. The molecule has 0 saturated carbocycles. The van der Waals surface area contributed by atoms with Gasteiger partial charge >= 0.3 is 0 Å². The molecule has 2 aromatic heterocycles. The second-order valence-corrected chi connectivity index (χ2v) is 12.6. The third-order valence-corrected chi connectivity index (χ3v) is 9.90. The van der Waals surface area contributed by atoms with Crippen LogP contribution in [0.5, 0.6) is 0 Å². The maximum Gasteiger partial charge on any atom is 0.0620 e. The van der Waals surface area contributed by atoms with Crippen molar-refractivity contribution in [3.05, 3.63) is 182 Å². The average Bonchev–Trinajstić information content (AvgIpc) is 3.68. The van der Waals surface area contributed by atoms with Crippen molar-refractivity contribution in [2.45, 2.75) is 0 Å². The topological polar surface area (TPSA) is 7.65 Å². The predicted octanol–water partition coefficient (Wildman–Crippen LogP) is 12.8. The van der Waals surface area contributed by atoms with Crippen LogP contribution in [0.1, 0.15) is 0 Å². The fraction of sp³-hybridized carbons (Fsp3) is 0. The van der Waals surface area contributed by atoms with Gasteiger partial charge in [-0.25, -0.2) is 0 Å². The van der Waals surface area contributed by atoms with Crippen molar-refractivity contribution in [2.24, 2.45) is 0 Å². The summed E-state index contributed by atoms with van der Waals surface area (Å²) >= 11 is 0. The Morgan fingerprint density at radius 1 is 0.354 bits per heavy atom. The smallest absolute Gasteiger partial charge is 0.0620 e. The zero-order valence-electron chi connectivity index (χ0n) is 26.2. The van der Waals surface area contributed by atoms with Crippen molar-refractivity contribution < 1.29 is 0 Å². The Morgan fingerprint density at radius 3 is 1.77 bits per heavy atom. The van der Waals surface area contributed by atoms with Crippen LogP contribution in [0.2, 0.25) is 0 Å². The fourth-order valence-corrected chi connectivity index (χ4v) is 7.80. The minimum Gasteiger partial charge on any atom is -0.310 e. The number of fused-ring (bicyclic) bond motifs is 7. The van der Waals surface area contributed by atoms with Crippen molar-refractivity contribution in [2.75, 3.05) is 4.90 Å². The number of anilines is 3. The van der Waals surface area contributed by atoms with Crippen molar-refractivity contribution in [1.29, 1.82) is 0 Å². The number of benzene rings is 8. The predicted molar refractivity (Wildman–Crippen MR) is 204 cm³/mol. The lowest BCUT2D eigenvalue weighted by molar-refractivity contribution is 1.30. The van der Waals surface area contributed by atoms with E-state index in [9.17, 15) is 0 Å². The van der Waals surface area contributed by atoms with Gasteiger partial charge in [0.2, 0.25) is 0 Å². The molecule has 2 heterocycles. The summed E-state index contributed by atoms with van der Waals surface area (Å²) in [6, 6.07) is 66.1. The second-order valence-electron chi connectivity index (χ2n) is 12.6. The summed E-state index contributed by atoms with van der Waals surface area (Å²) < 4.78 is 2.46. The van der Waals surface area contributed by atoms with Gasteiger partial charge in [-0.3, -0.25) is 0 Å². The maximum absolute atomic E-state index is 2.46. The highest BCUT2D eigenvalue weighted by atomic mass is 15.1. The van der Waals surface area contributed by atoms with Gasteiger partial charge in [0.1, 0.15) is 0 Å². The van der Waals surface area contributed by atoms with Gasteiger partial charge in [-0.15, -0.1) is 0 Å². The Kier molecular flexibility index (Phi) is 5.91. The zero-order valence-corrected chi connectivity index (χ0v) is 26.2. The summed E-state index contributed by atoms with van der Waals surface area (Å²) in [4.78, 5) is 2.38. The van der Waals surface area contributed by atoms with E-state index in [4.69, 9.17) is 0 Å². The van der Waals surface area contributed by atoms with Gasteiger partial charge in [0.15, 0.2) is 0 Å². The molecule has 8 aromatic carbocycles. The Balaban J connectivity index is 1.16. The molecule has 2 nitrogen and oxygen atoms in total. The van der Waals surface area contributed by atoms with Gasteiger partial charge in [0, 0.05) is 38.3 Å². The zero-order chi connectivity index (χ0) is 31.6. The quantitative estimate of drug-likeness (QED) is 0.188. The van der Waals surface area contributed by atoms with Crippen molar-refractivity contribution in [3.63, 3.8) is 0 Å². The third-order valence-electron chi connectivity index (χ3n) is 9.90. The highest BCUT2D eigenvalue weighted by Gasteiger charge is 2.19. The largest absolute Gasteiger partial charge is 0.310 e. The molecule has 0 bridgehead atoms. The molecular formula is C46H30N2. The van der Waals surface area contributed by atoms with Gasteiger partial charge in [0.25, 0.3) is 0 Å². The summed E-state index contributed by atoms with van der Waals surface area (Å²) in [5.74, 6) is 0. The molecule has 0 aliphatic heterocycles. The van der Waals surface area contributed by atoms with Crippen LogP contribution in [0.4, 0.5) is 17.1 Å². The molecule has 0 atom stereocenters. The van der Waals surface area contributed by atoms with Crippen molar-refractivity contribution >= 4 is 65.9 Å². The Hall–Kier alpha value is -6.38. The Bertz CT molecular complexity index is 2780. The first kappa shape index (κ1) is 26.8. The van der Waals surface area contributed by atoms with E-state index < -0.39 is 0 Å². The minimum absolute atomic E-state index is 1.12. The molecule has 10 rings (SSSR count). The number of nitrogens with zero attached hydrogens (tertiary/aromatic N) is 2. The molecule has 10 aromatic rings. The molecule has 0 radical (unpaired) electrons. The highest BCUT2D eigenvalue weighted by Crippen LogP contribution is 2.43. The van der Waals surface area contributed by atoms with Gasteiger partial charge in [-0.2, -0.15) is 0 Å². The molecule has 0 saturated heterocycles. The molecule has 0 amide bonds. The first-order valence-electron chi connectivity index (χ1n) is 16.5. The van der Waals surface area contributed by atoms with E-state index >= 15 is 0 Å². The van der Waals surface area contributed by atoms with Gasteiger partial charge in [-0.1, -0.05) is 140 Å². The van der Waals surface area contributed by atoms with E-state index in [1.165, 1.54) is 71.1 Å². The first-order chi connectivity index (χ1) is 23.8. The molecule has 0 aliphatic carbocycles. The van der Waals surface area contributed by atoms with Crippen molar-refractivity contribution in [3.8, 4) is 22.3 Å². The van der Waals surface area contributed by atoms with Crippen LogP contribution in [0, 0.1) is 0 Å². The molecular weight excluding hydrogens is 581 g/mol. The lowest BCUT2D eigenvalue weighted by Crippen LogP contribution is -2.10. The van der Waals surface area contributed by atoms with E-state index in [1.807, 2.05) is 0 Å². The minimum atomic E-state index is 1.12. The van der Waals surface area contributed by atoms with E-state index in [2.05, 4.69) is 191 Å². The van der Waals surface area contributed by atoms with E-state index in [1.54, 1.807) is 0 Å². The summed E-state index contributed by atoms with van der Waals surface area (Å²) in [6.07, 6.45) is 0. The SMILES string of the molecule is c1ccc(N(c2cccc(-c3ccccc3-c3ccc4c5cccc6c7ccccc7n(c4c3)c65)c2)c2cccc3ccccc23)cc1. The van der Waals surface area contributed by atoms with Crippen LogP contribution < -0.4 is 4.90 Å². The third kappa shape index (κ3) is 4.00. The van der Waals surface area contributed by atoms with E-state index in [0.717, 1.165) is 17.1 Å². The van der Waals surface area contributed by atoms with Crippen LogP contribution in [0.25, 0.3) is 71.1 Å². The van der Waals surface area contributed by atoms with E-state index in [-0.39, 0.29) is 0 Å². The lowest BCUT2D eigenvalue weighted by Gasteiger charge is -2.27. The summed E-state index contributed by atoms with van der Waals surface area (Å²) in [7, 11) is 0. The standard InChI is InChI=1S/C46H30N2/c1-2-16-34(17-3-1)47(43-26-11-14-31-13-4-5-21-38(31)43)35-18-10-15-32(29-35)36-19-6-7-20-37(36)33-27-28-40-42-24-12-23-41-39-22-8-9-25-44(39)48(46(41)42)45(40)30-33/h1-30H. The monoisotopic (exact) mass is 610 g/mol. The summed E-state index contributed by atoms with van der Waals surface area (Å²) in [5, 5.41) is 7.66. The summed E-state index contributed by atoms with van der Waals surface area (Å²) in [6.45, 7) is 0. The number of rotatable bonds is 5. The molecule has 2 heteroatoms. The molecule has 0 aliphatic rings. The van der Waals surface area contributed by atoms with Crippen LogP contribution >= 0.6 is 0 Å². The normalized spacial score (nSPS) is 11.8. The van der Waals surface area contributed by atoms with Gasteiger partial charge < -0.3 is 9.30 Å². The van der Waals surface area contributed by atoms with E-state index in [0.29, 0.717) is 0 Å². The number of para-hydroxylation sites is 3. The van der Waals surface area contributed by atoms with Gasteiger partial charge in [-0.05, 0) is 70.1 Å². The van der Waals surface area contributed by atoms with Crippen LogP contribution in [0.15, 0.2) is 182 Å². The van der Waals surface area contributed by atoms with Crippen LogP contribution in [-0.4, -0.2) is 4.40 Å². The number of hydrogen-bond acceptors (Lipinski definition) is 1.